The van der Waals surface area contributed by atoms with Gasteiger partial charge < -0.3 is 15.4 Å². The van der Waals surface area contributed by atoms with Gasteiger partial charge in [0.25, 0.3) is 0 Å². The summed E-state index contributed by atoms with van der Waals surface area (Å²) in [5, 5.41) is 4.23. The van der Waals surface area contributed by atoms with Crippen molar-refractivity contribution in [2.24, 2.45) is 0 Å². The maximum absolute atomic E-state index is 11.8. The Balaban J connectivity index is 1.94. The van der Waals surface area contributed by atoms with Crippen LogP contribution in [0.5, 0.6) is 0 Å². The van der Waals surface area contributed by atoms with E-state index in [1.807, 2.05) is 12.1 Å². The normalized spacial score (nSPS) is 14.0. The zero-order valence-corrected chi connectivity index (χ0v) is 12.7. The number of hydrogen-bond acceptors (Lipinski definition) is 5. The van der Waals surface area contributed by atoms with Gasteiger partial charge in [0.05, 0.1) is 24.0 Å². The Labute approximate surface area is 128 Å². The van der Waals surface area contributed by atoms with E-state index in [-0.39, 0.29) is 5.97 Å². The van der Waals surface area contributed by atoms with Crippen LogP contribution < -0.4 is 10.6 Å². The van der Waals surface area contributed by atoms with Crippen LogP contribution in [0.1, 0.15) is 28.8 Å². The number of carbonyl (C=O) groups is 1. The number of hydrogen-bond donors (Lipinski definition) is 1. The number of esters is 1. The molecule has 4 nitrogen and oxygen atoms in total. The zero-order chi connectivity index (χ0) is 14.8. The number of nitrogens with zero attached hydrogens (tertiary/aromatic N) is 1. The number of benzene rings is 1. The lowest BCUT2D eigenvalue weighted by Gasteiger charge is -2.26. The lowest BCUT2D eigenvalue weighted by Crippen LogP contribution is -2.26. The second-order valence-corrected chi connectivity index (χ2v) is 6.00. The van der Waals surface area contributed by atoms with E-state index in [1.54, 1.807) is 17.4 Å². The predicted octanol–water partition coefficient (Wildman–Crippen LogP) is 3.29. The first-order valence-corrected chi connectivity index (χ1v) is 7.89. The summed E-state index contributed by atoms with van der Waals surface area (Å²) < 4.78 is 4.80. The van der Waals surface area contributed by atoms with Crippen LogP contribution in [-0.2, 0) is 11.3 Å². The molecular weight excluding hydrogens is 284 g/mol. The molecule has 0 atom stereocenters. The molecule has 0 unspecified atom stereocenters. The maximum atomic E-state index is 11.8. The fourth-order valence-electron chi connectivity index (χ4n) is 2.47. The van der Waals surface area contributed by atoms with Gasteiger partial charge in [-0.1, -0.05) is 6.07 Å². The van der Waals surface area contributed by atoms with Crippen LogP contribution >= 0.6 is 11.3 Å². The first-order valence-electron chi connectivity index (χ1n) is 6.95. The molecule has 2 N–H and O–H groups in total. The summed E-state index contributed by atoms with van der Waals surface area (Å²) in [4.78, 5) is 14.1. The highest BCUT2D eigenvalue weighted by atomic mass is 32.1. The fourth-order valence-corrected chi connectivity index (χ4v) is 3.13. The SMILES string of the molecule is COC(=O)c1cccc(N(Cc2ccsc2)C2CC2)c1N. The van der Waals surface area contributed by atoms with Crippen molar-refractivity contribution < 1.29 is 9.53 Å². The molecule has 0 bridgehead atoms. The molecule has 0 amide bonds. The number of nitrogens with two attached hydrogens (primary N) is 1. The van der Waals surface area contributed by atoms with E-state index in [2.05, 4.69) is 21.7 Å². The minimum atomic E-state index is -0.388. The van der Waals surface area contributed by atoms with Crippen LogP contribution in [0.15, 0.2) is 35.0 Å². The van der Waals surface area contributed by atoms with Crippen LogP contribution in [0.4, 0.5) is 11.4 Å². The highest BCUT2D eigenvalue weighted by Gasteiger charge is 2.31. The summed E-state index contributed by atoms with van der Waals surface area (Å²) in [6.07, 6.45) is 2.35. The number of para-hydroxylation sites is 1. The van der Waals surface area contributed by atoms with Gasteiger partial charge in [-0.05, 0) is 47.4 Å². The van der Waals surface area contributed by atoms with E-state index < -0.39 is 0 Å². The third-order valence-electron chi connectivity index (χ3n) is 3.72. The van der Waals surface area contributed by atoms with Gasteiger partial charge in [0.1, 0.15) is 0 Å². The highest BCUT2D eigenvalue weighted by molar-refractivity contribution is 7.07. The number of thiophene rings is 1. The van der Waals surface area contributed by atoms with E-state index in [9.17, 15) is 4.79 Å². The molecule has 110 valence electrons. The van der Waals surface area contributed by atoms with E-state index >= 15 is 0 Å². The smallest absolute Gasteiger partial charge is 0.340 e. The summed E-state index contributed by atoms with van der Waals surface area (Å²) in [6.45, 7) is 0.822. The third-order valence-corrected chi connectivity index (χ3v) is 4.45. The summed E-state index contributed by atoms with van der Waals surface area (Å²) in [7, 11) is 1.37. The first-order chi connectivity index (χ1) is 10.2. The van der Waals surface area contributed by atoms with Crippen LogP contribution in [0.25, 0.3) is 0 Å². The van der Waals surface area contributed by atoms with Gasteiger partial charge in [0.15, 0.2) is 0 Å². The van der Waals surface area contributed by atoms with Crippen molar-refractivity contribution in [1.29, 1.82) is 0 Å². The molecule has 21 heavy (non-hydrogen) atoms. The number of ether oxygens (including phenoxy) is 1. The first kappa shape index (κ1) is 13.9. The van der Waals surface area contributed by atoms with E-state index in [4.69, 9.17) is 10.5 Å². The summed E-state index contributed by atoms with van der Waals surface area (Å²) >= 11 is 1.69. The molecule has 1 aromatic carbocycles. The Morgan fingerprint density at radius 3 is 2.86 bits per heavy atom. The van der Waals surface area contributed by atoms with E-state index in [0.717, 1.165) is 12.2 Å². The van der Waals surface area contributed by atoms with Crippen molar-refractivity contribution in [2.75, 3.05) is 17.7 Å². The molecule has 3 rings (SSSR count). The average Bonchev–Trinajstić information content (AvgIpc) is 3.21. The number of anilines is 2. The molecule has 1 heterocycles. The van der Waals surface area contributed by atoms with Crippen molar-refractivity contribution in [3.05, 3.63) is 46.2 Å². The van der Waals surface area contributed by atoms with Crippen molar-refractivity contribution >= 4 is 28.7 Å². The number of rotatable bonds is 5. The molecule has 0 radical (unpaired) electrons. The molecular formula is C16H18N2O2S. The number of carbonyl (C=O) groups excluding carboxylic acids is 1. The summed E-state index contributed by atoms with van der Waals surface area (Å²) in [6, 6.07) is 8.19. The number of nitrogen functional groups attached to an aromatic ring is 1. The van der Waals surface area contributed by atoms with Gasteiger partial charge >= 0.3 is 5.97 Å². The molecule has 2 aromatic rings. The molecule has 1 aliphatic rings. The second-order valence-electron chi connectivity index (χ2n) is 5.22. The molecule has 0 saturated heterocycles. The lowest BCUT2D eigenvalue weighted by atomic mass is 10.1. The van der Waals surface area contributed by atoms with Crippen molar-refractivity contribution in [2.45, 2.75) is 25.4 Å². The van der Waals surface area contributed by atoms with Gasteiger partial charge in [-0.25, -0.2) is 4.79 Å². The van der Waals surface area contributed by atoms with Crippen molar-refractivity contribution in [1.82, 2.24) is 0 Å². The molecule has 1 aromatic heterocycles. The Bertz CT molecular complexity index is 636. The maximum Gasteiger partial charge on any atom is 0.340 e. The highest BCUT2D eigenvalue weighted by Crippen LogP contribution is 2.37. The molecule has 5 heteroatoms. The van der Waals surface area contributed by atoms with Crippen LogP contribution in [-0.4, -0.2) is 19.1 Å². The Kier molecular flexibility index (Phi) is 3.84. The monoisotopic (exact) mass is 302 g/mol. The summed E-state index contributed by atoms with van der Waals surface area (Å²) in [5.41, 5.74) is 9.35. The van der Waals surface area contributed by atoms with E-state index in [0.29, 0.717) is 17.3 Å². The Hall–Kier alpha value is -2.01. The third kappa shape index (κ3) is 2.88. The van der Waals surface area contributed by atoms with E-state index in [1.165, 1.54) is 25.5 Å². The topological polar surface area (TPSA) is 55.6 Å². The van der Waals surface area contributed by atoms with Crippen molar-refractivity contribution in [3.63, 3.8) is 0 Å². The van der Waals surface area contributed by atoms with Gasteiger partial charge in [-0.3, -0.25) is 0 Å². The quantitative estimate of drug-likeness (QED) is 0.680. The van der Waals surface area contributed by atoms with Gasteiger partial charge in [-0.2, -0.15) is 11.3 Å². The zero-order valence-electron chi connectivity index (χ0n) is 11.9. The lowest BCUT2D eigenvalue weighted by molar-refractivity contribution is 0.0602. The van der Waals surface area contributed by atoms with Crippen molar-refractivity contribution in [3.8, 4) is 0 Å². The minimum absolute atomic E-state index is 0.388. The Morgan fingerprint density at radius 2 is 2.24 bits per heavy atom. The summed E-state index contributed by atoms with van der Waals surface area (Å²) in [5.74, 6) is -0.388. The number of methoxy groups -OCH3 is 1. The molecule has 1 saturated carbocycles. The predicted molar refractivity (Wildman–Crippen MR) is 85.7 cm³/mol. The van der Waals surface area contributed by atoms with Gasteiger partial charge in [-0.15, -0.1) is 0 Å². The van der Waals surface area contributed by atoms with Gasteiger partial charge in [0.2, 0.25) is 0 Å². The van der Waals surface area contributed by atoms with Crippen LogP contribution in [0, 0.1) is 0 Å². The largest absolute Gasteiger partial charge is 0.465 e. The molecule has 1 fully saturated rings. The molecule has 0 aliphatic heterocycles. The minimum Gasteiger partial charge on any atom is -0.465 e. The van der Waals surface area contributed by atoms with Crippen LogP contribution in [0.2, 0.25) is 0 Å². The second kappa shape index (κ2) is 5.77. The average molecular weight is 302 g/mol. The fraction of sp³-hybridized carbons (Fsp3) is 0.312. The standard InChI is InChI=1S/C16H18N2O2S/c1-20-16(19)13-3-2-4-14(15(13)17)18(12-5-6-12)9-11-7-8-21-10-11/h2-4,7-8,10,12H,5-6,9,17H2,1H3. The molecule has 1 aliphatic carbocycles. The van der Waals surface area contributed by atoms with Crippen LogP contribution in [0.3, 0.4) is 0 Å². The Morgan fingerprint density at radius 1 is 1.43 bits per heavy atom. The molecule has 0 spiro atoms. The van der Waals surface area contributed by atoms with Gasteiger partial charge in [0, 0.05) is 12.6 Å².